The van der Waals surface area contributed by atoms with Gasteiger partial charge >= 0.3 is 0 Å². The number of ether oxygens (including phenoxy) is 1. The van der Waals surface area contributed by atoms with Crippen LogP contribution in [0.3, 0.4) is 0 Å². The zero-order chi connectivity index (χ0) is 19.8. The number of aromatic nitrogens is 3. The molecule has 2 aliphatic carbocycles. The summed E-state index contributed by atoms with van der Waals surface area (Å²) in [4.78, 5) is 17.6. The first-order valence-electron chi connectivity index (χ1n) is 10.8. The van der Waals surface area contributed by atoms with Gasteiger partial charge in [-0.05, 0) is 36.0 Å². The maximum absolute atomic E-state index is 12.9. The van der Waals surface area contributed by atoms with E-state index in [2.05, 4.69) is 34.3 Å². The molecule has 0 bridgehead atoms. The SMILES string of the molecule is Cn1nc(C(=O)CC2CCCCC2)c2ccc(OC3CCc4ccccc43)nc21. The quantitative estimate of drug-likeness (QED) is 0.564. The lowest BCUT2D eigenvalue weighted by Crippen LogP contribution is -2.13. The lowest BCUT2D eigenvalue weighted by atomic mass is 9.85. The standard InChI is InChI=1S/C24H27N3O2/c1-27-24-19(23(26-27)20(28)15-16-7-3-2-4-8-16)12-14-22(25-24)29-21-13-11-17-9-5-6-10-18(17)21/h5-6,9-10,12,14,16,21H,2-4,7-8,11,13,15H2,1H3. The van der Waals surface area contributed by atoms with Gasteiger partial charge in [-0.25, -0.2) is 4.68 Å². The Balaban J connectivity index is 1.37. The summed E-state index contributed by atoms with van der Waals surface area (Å²) in [6.07, 6.45) is 8.76. The van der Waals surface area contributed by atoms with Crippen molar-refractivity contribution in [3.05, 3.63) is 53.2 Å². The minimum atomic E-state index is 0.0387. The highest BCUT2D eigenvalue weighted by Gasteiger charge is 2.25. The van der Waals surface area contributed by atoms with Crippen molar-refractivity contribution in [2.75, 3.05) is 0 Å². The van der Waals surface area contributed by atoms with Gasteiger partial charge < -0.3 is 4.74 Å². The van der Waals surface area contributed by atoms with E-state index in [0.717, 1.165) is 31.1 Å². The van der Waals surface area contributed by atoms with E-state index < -0.39 is 0 Å². The van der Waals surface area contributed by atoms with Crippen molar-refractivity contribution < 1.29 is 9.53 Å². The van der Waals surface area contributed by atoms with Crippen LogP contribution in [0, 0.1) is 5.92 Å². The fraction of sp³-hybridized carbons (Fsp3) is 0.458. The Morgan fingerprint density at radius 3 is 2.79 bits per heavy atom. The number of benzene rings is 1. The van der Waals surface area contributed by atoms with Crippen LogP contribution >= 0.6 is 0 Å². The maximum atomic E-state index is 12.9. The monoisotopic (exact) mass is 389 g/mol. The first-order valence-corrected chi connectivity index (χ1v) is 10.8. The largest absolute Gasteiger partial charge is 0.469 e. The summed E-state index contributed by atoms with van der Waals surface area (Å²) in [5.41, 5.74) is 3.87. The van der Waals surface area contributed by atoms with Crippen molar-refractivity contribution in [2.24, 2.45) is 13.0 Å². The number of ketones is 1. The van der Waals surface area contributed by atoms with Crippen LogP contribution in [0.15, 0.2) is 36.4 Å². The van der Waals surface area contributed by atoms with Crippen molar-refractivity contribution in [2.45, 2.75) is 57.5 Å². The number of hydrogen-bond donors (Lipinski definition) is 0. The van der Waals surface area contributed by atoms with Gasteiger partial charge in [0.05, 0.1) is 5.39 Å². The molecule has 0 saturated heterocycles. The Bertz CT molecular complexity index is 1050. The highest BCUT2D eigenvalue weighted by molar-refractivity contribution is 6.05. The molecule has 1 fully saturated rings. The van der Waals surface area contributed by atoms with E-state index in [9.17, 15) is 4.79 Å². The molecule has 3 aromatic rings. The third-order valence-electron chi connectivity index (χ3n) is 6.46. The number of carbonyl (C=O) groups is 1. The van der Waals surface area contributed by atoms with Crippen LogP contribution in [0.4, 0.5) is 0 Å². The second kappa shape index (κ2) is 7.62. The normalized spacial score (nSPS) is 19.4. The molecule has 2 aromatic heterocycles. The number of fused-ring (bicyclic) bond motifs is 2. The van der Waals surface area contributed by atoms with E-state index in [1.165, 1.54) is 30.4 Å². The van der Waals surface area contributed by atoms with Crippen molar-refractivity contribution in [1.82, 2.24) is 14.8 Å². The molecule has 150 valence electrons. The summed E-state index contributed by atoms with van der Waals surface area (Å²) >= 11 is 0. The lowest BCUT2D eigenvalue weighted by Gasteiger charge is -2.20. The van der Waals surface area contributed by atoms with Crippen LogP contribution in [0.2, 0.25) is 0 Å². The van der Waals surface area contributed by atoms with Gasteiger partial charge in [0.15, 0.2) is 11.4 Å². The first-order chi connectivity index (χ1) is 14.2. The van der Waals surface area contributed by atoms with Gasteiger partial charge in [0, 0.05) is 19.5 Å². The average Bonchev–Trinajstić information content (AvgIpc) is 3.30. The predicted molar refractivity (Wildman–Crippen MR) is 112 cm³/mol. The number of pyridine rings is 1. The molecule has 2 aliphatic rings. The van der Waals surface area contributed by atoms with E-state index in [1.807, 2.05) is 19.2 Å². The number of carbonyl (C=O) groups excluding carboxylic acids is 1. The molecule has 0 amide bonds. The van der Waals surface area contributed by atoms with Crippen LogP contribution in [0.5, 0.6) is 5.88 Å². The van der Waals surface area contributed by atoms with Gasteiger partial charge in [0.2, 0.25) is 5.88 Å². The third kappa shape index (κ3) is 3.54. The fourth-order valence-corrected chi connectivity index (χ4v) is 4.92. The Hall–Kier alpha value is -2.69. The zero-order valence-corrected chi connectivity index (χ0v) is 16.9. The van der Waals surface area contributed by atoms with E-state index in [-0.39, 0.29) is 11.9 Å². The Labute approximate surface area is 171 Å². The lowest BCUT2D eigenvalue weighted by molar-refractivity contribution is 0.0946. The van der Waals surface area contributed by atoms with Crippen LogP contribution in [0.25, 0.3) is 11.0 Å². The molecule has 1 unspecified atom stereocenters. The summed E-state index contributed by atoms with van der Waals surface area (Å²) < 4.78 is 7.93. The highest BCUT2D eigenvalue weighted by atomic mass is 16.5. The number of rotatable bonds is 5. The minimum Gasteiger partial charge on any atom is -0.469 e. The second-order valence-corrected chi connectivity index (χ2v) is 8.47. The Kier molecular flexibility index (Phi) is 4.82. The first kappa shape index (κ1) is 18.3. The number of aryl methyl sites for hydroxylation is 2. The molecule has 0 radical (unpaired) electrons. The molecule has 1 aromatic carbocycles. The number of hydrogen-bond acceptors (Lipinski definition) is 4. The van der Waals surface area contributed by atoms with Crippen LogP contribution < -0.4 is 4.74 Å². The molecule has 5 heteroatoms. The maximum Gasteiger partial charge on any atom is 0.215 e. The van der Waals surface area contributed by atoms with Gasteiger partial charge in [-0.2, -0.15) is 10.1 Å². The van der Waals surface area contributed by atoms with Crippen molar-refractivity contribution in [3.8, 4) is 5.88 Å². The summed E-state index contributed by atoms with van der Waals surface area (Å²) in [6, 6.07) is 12.3. The molecule has 0 spiro atoms. The summed E-state index contributed by atoms with van der Waals surface area (Å²) in [5.74, 6) is 1.24. The molecule has 2 heterocycles. The van der Waals surface area contributed by atoms with Crippen molar-refractivity contribution in [3.63, 3.8) is 0 Å². The third-order valence-corrected chi connectivity index (χ3v) is 6.46. The Morgan fingerprint density at radius 2 is 1.93 bits per heavy atom. The summed E-state index contributed by atoms with van der Waals surface area (Å²) in [5, 5.41) is 5.34. The molecular weight excluding hydrogens is 362 g/mol. The van der Waals surface area contributed by atoms with Crippen LogP contribution in [0.1, 0.15) is 72.7 Å². The number of Topliss-reactive ketones (excluding diaryl/α,β-unsaturated/α-hetero) is 1. The Morgan fingerprint density at radius 1 is 1.10 bits per heavy atom. The van der Waals surface area contributed by atoms with Crippen molar-refractivity contribution >= 4 is 16.8 Å². The average molecular weight is 389 g/mol. The summed E-state index contributed by atoms with van der Waals surface area (Å²) in [6.45, 7) is 0. The van der Waals surface area contributed by atoms with Gasteiger partial charge in [0.1, 0.15) is 11.8 Å². The molecule has 1 atom stereocenters. The van der Waals surface area contributed by atoms with Crippen LogP contribution in [-0.2, 0) is 13.5 Å². The number of nitrogens with zero attached hydrogens (tertiary/aromatic N) is 3. The molecule has 0 aliphatic heterocycles. The predicted octanol–water partition coefficient (Wildman–Crippen LogP) is 5.19. The molecular formula is C24H27N3O2. The van der Waals surface area contributed by atoms with Gasteiger partial charge in [-0.1, -0.05) is 56.4 Å². The zero-order valence-electron chi connectivity index (χ0n) is 16.9. The molecule has 0 N–H and O–H groups in total. The van der Waals surface area contributed by atoms with E-state index in [1.54, 1.807) is 4.68 Å². The molecule has 5 rings (SSSR count). The molecule has 5 nitrogen and oxygen atoms in total. The van der Waals surface area contributed by atoms with E-state index >= 15 is 0 Å². The molecule has 1 saturated carbocycles. The minimum absolute atomic E-state index is 0.0387. The molecule has 29 heavy (non-hydrogen) atoms. The van der Waals surface area contributed by atoms with Gasteiger partial charge in [-0.15, -0.1) is 0 Å². The van der Waals surface area contributed by atoms with Gasteiger partial charge in [-0.3, -0.25) is 4.79 Å². The van der Waals surface area contributed by atoms with Crippen molar-refractivity contribution in [1.29, 1.82) is 0 Å². The smallest absolute Gasteiger partial charge is 0.215 e. The topological polar surface area (TPSA) is 57.0 Å². The second-order valence-electron chi connectivity index (χ2n) is 8.47. The van der Waals surface area contributed by atoms with E-state index in [4.69, 9.17) is 4.74 Å². The van der Waals surface area contributed by atoms with Crippen LogP contribution in [-0.4, -0.2) is 20.5 Å². The highest BCUT2D eigenvalue weighted by Crippen LogP contribution is 2.35. The fourth-order valence-electron chi connectivity index (χ4n) is 4.92. The van der Waals surface area contributed by atoms with E-state index in [0.29, 0.717) is 29.6 Å². The summed E-state index contributed by atoms with van der Waals surface area (Å²) in [7, 11) is 1.85. The van der Waals surface area contributed by atoms with Gasteiger partial charge in [0.25, 0.3) is 0 Å².